The summed E-state index contributed by atoms with van der Waals surface area (Å²) in [6.07, 6.45) is 0. The topological polar surface area (TPSA) is 78.7 Å². The van der Waals surface area contributed by atoms with Crippen LogP contribution < -0.4 is 16.0 Å². The van der Waals surface area contributed by atoms with Gasteiger partial charge in [-0.3, -0.25) is 9.59 Å². The number of rotatable bonds is 5. The number of piperazine rings is 1. The Morgan fingerprint density at radius 3 is 2.16 bits per heavy atom. The van der Waals surface area contributed by atoms with E-state index in [9.17, 15) is 9.59 Å². The molecule has 3 N–H and O–H groups in total. The Bertz CT molecular complexity index is 535. The first kappa shape index (κ1) is 23.5. The first-order chi connectivity index (χ1) is 11.0. The van der Waals surface area contributed by atoms with Gasteiger partial charge >= 0.3 is 0 Å². The molecular formula is C17H28Cl2N4O2. The summed E-state index contributed by atoms with van der Waals surface area (Å²) in [7, 11) is 0. The second kappa shape index (κ2) is 11.2. The van der Waals surface area contributed by atoms with Crippen LogP contribution in [0.15, 0.2) is 30.3 Å². The lowest BCUT2D eigenvalue weighted by molar-refractivity contribution is -0.134. The molecule has 2 atom stereocenters. The van der Waals surface area contributed by atoms with E-state index in [1.165, 1.54) is 5.69 Å². The van der Waals surface area contributed by atoms with Crippen molar-refractivity contribution in [3.63, 3.8) is 0 Å². The van der Waals surface area contributed by atoms with Crippen LogP contribution in [-0.2, 0) is 9.59 Å². The van der Waals surface area contributed by atoms with Crippen LogP contribution in [0.3, 0.4) is 0 Å². The van der Waals surface area contributed by atoms with Crippen molar-refractivity contribution >= 4 is 42.3 Å². The molecular weight excluding hydrogens is 363 g/mol. The van der Waals surface area contributed by atoms with E-state index >= 15 is 0 Å². The molecule has 2 rings (SSSR count). The Labute approximate surface area is 161 Å². The number of nitrogens with two attached hydrogens (primary N) is 1. The lowest BCUT2D eigenvalue weighted by Crippen LogP contribution is -2.52. The van der Waals surface area contributed by atoms with Crippen molar-refractivity contribution in [2.75, 3.05) is 37.6 Å². The molecule has 25 heavy (non-hydrogen) atoms. The summed E-state index contributed by atoms with van der Waals surface area (Å²) in [5, 5.41) is 2.68. The molecule has 2 amide bonds. The second-order valence-corrected chi connectivity index (χ2v) is 6.07. The molecule has 1 aromatic carbocycles. The van der Waals surface area contributed by atoms with E-state index in [-0.39, 0.29) is 55.1 Å². The Morgan fingerprint density at radius 2 is 1.64 bits per heavy atom. The van der Waals surface area contributed by atoms with Gasteiger partial charge in [0.2, 0.25) is 11.8 Å². The highest BCUT2D eigenvalue weighted by molar-refractivity contribution is 5.86. The molecule has 1 aliphatic rings. The fourth-order valence-corrected chi connectivity index (χ4v) is 2.53. The lowest BCUT2D eigenvalue weighted by Gasteiger charge is -2.36. The van der Waals surface area contributed by atoms with Crippen LogP contribution >= 0.6 is 24.8 Å². The number of carbonyl (C=O) groups excluding carboxylic acids is 2. The van der Waals surface area contributed by atoms with Gasteiger partial charge in [0, 0.05) is 43.8 Å². The molecule has 2 unspecified atom stereocenters. The number of para-hydroxylation sites is 1. The monoisotopic (exact) mass is 390 g/mol. The third-order valence-corrected chi connectivity index (χ3v) is 4.37. The van der Waals surface area contributed by atoms with Gasteiger partial charge in [-0.1, -0.05) is 25.1 Å². The van der Waals surface area contributed by atoms with Gasteiger partial charge in [-0.15, -0.1) is 24.8 Å². The van der Waals surface area contributed by atoms with Crippen LogP contribution in [0.5, 0.6) is 0 Å². The molecule has 8 heteroatoms. The summed E-state index contributed by atoms with van der Waals surface area (Å²) in [4.78, 5) is 28.1. The summed E-state index contributed by atoms with van der Waals surface area (Å²) in [6, 6.07) is 9.96. The molecule has 1 aromatic rings. The van der Waals surface area contributed by atoms with E-state index in [4.69, 9.17) is 5.73 Å². The summed E-state index contributed by atoms with van der Waals surface area (Å²) in [5.74, 6) is -0.503. The summed E-state index contributed by atoms with van der Waals surface area (Å²) in [5.41, 5.74) is 6.87. The number of hydrogen-bond acceptors (Lipinski definition) is 4. The molecule has 1 aliphatic heterocycles. The van der Waals surface area contributed by atoms with E-state index < -0.39 is 0 Å². The second-order valence-electron chi connectivity index (χ2n) is 6.07. The number of anilines is 1. The molecule has 0 bridgehead atoms. The average Bonchev–Trinajstić information content (AvgIpc) is 2.59. The highest BCUT2D eigenvalue weighted by Crippen LogP contribution is 2.15. The van der Waals surface area contributed by atoms with Gasteiger partial charge in [0.25, 0.3) is 0 Å². The molecule has 0 spiro atoms. The maximum Gasteiger partial charge on any atom is 0.242 e. The smallest absolute Gasteiger partial charge is 0.242 e. The SMILES string of the molecule is CC(N)C(C)C(=O)NCC(=O)N1CCN(c2ccccc2)CC1.Cl.Cl. The van der Waals surface area contributed by atoms with Gasteiger partial charge in [0.15, 0.2) is 0 Å². The summed E-state index contributed by atoms with van der Waals surface area (Å²) in [6.45, 7) is 6.55. The van der Waals surface area contributed by atoms with E-state index in [0.717, 1.165) is 13.1 Å². The minimum atomic E-state index is -0.294. The first-order valence-electron chi connectivity index (χ1n) is 8.10. The van der Waals surface area contributed by atoms with Crippen molar-refractivity contribution < 1.29 is 9.59 Å². The Morgan fingerprint density at radius 1 is 1.08 bits per heavy atom. The number of nitrogens with zero attached hydrogens (tertiary/aromatic N) is 2. The quantitative estimate of drug-likeness (QED) is 0.793. The summed E-state index contributed by atoms with van der Waals surface area (Å²) >= 11 is 0. The molecule has 1 fully saturated rings. The number of hydrogen-bond donors (Lipinski definition) is 2. The van der Waals surface area contributed by atoms with Gasteiger partial charge < -0.3 is 20.9 Å². The van der Waals surface area contributed by atoms with Crippen molar-refractivity contribution in [2.45, 2.75) is 19.9 Å². The third-order valence-electron chi connectivity index (χ3n) is 4.37. The molecule has 0 aromatic heterocycles. The van der Waals surface area contributed by atoms with Crippen molar-refractivity contribution in [2.24, 2.45) is 11.7 Å². The largest absolute Gasteiger partial charge is 0.368 e. The number of halogens is 2. The molecule has 1 saturated heterocycles. The van der Waals surface area contributed by atoms with Crippen molar-refractivity contribution in [1.82, 2.24) is 10.2 Å². The Balaban J connectivity index is 0.00000288. The van der Waals surface area contributed by atoms with Crippen LogP contribution in [0.2, 0.25) is 0 Å². The van der Waals surface area contributed by atoms with Crippen LogP contribution in [0, 0.1) is 5.92 Å². The zero-order valence-corrected chi connectivity index (χ0v) is 16.3. The van der Waals surface area contributed by atoms with Crippen LogP contribution in [0.25, 0.3) is 0 Å². The van der Waals surface area contributed by atoms with Crippen LogP contribution in [0.1, 0.15) is 13.8 Å². The van der Waals surface area contributed by atoms with Gasteiger partial charge in [0.1, 0.15) is 0 Å². The van der Waals surface area contributed by atoms with Crippen molar-refractivity contribution in [3.8, 4) is 0 Å². The zero-order chi connectivity index (χ0) is 16.8. The molecule has 1 heterocycles. The molecule has 0 aliphatic carbocycles. The number of benzene rings is 1. The fourth-order valence-electron chi connectivity index (χ4n) is 2.53. The summed E-state index contributed by atoms with van der Waals surface area (Å²) < 4.78 is 0. The number of carbonyl (C=O) groups is 2. The van der Waals surface area contributed by atoms with Crippen molar-refractivity contribution in [3.05, 3.63) is 30.3 Å². The molecule has 6 nitrogen and oxygen atoms in total. The fraction of sp³-hybridized carbons (Fsp3) is 0.529. The third kappa shape index (κ3) is 6.72. The number of amides is 2. The Kier molecular flexibility index (Phi) is 10.5. The predicted octanol–water partition coefficient (Wildman–Crippen LogP) is 1.28. The Hall–Kier alpha value is -1.50. The van der Waals surface area contributed by atoms with E-state index in [2.05, 4.69) is 22.3 Å². The lowest BCUT2D eigenvalue weighted by atomic mass is 10.0. The van der Waals surface area contributed by atoms with Crippen molar-refractivity contribution in [1.29, 1.82) is 0 Å². The molecule has 0 saturated carbocycles. The van der Waals surface area contributed by atoms with Gasteiger partial charge in [-0.05, 0) is 19.1 Å². The zero-order valence-electron chi connectivity index (χ0n) is 14.7. The first-order valence-corrected chi connectivity index (χ1v) is 8.10. The normalized spacial score (nSPS) is 16.1. The highest BCUT2D eigenvalue weighted by atomic mass is 35.5. The molecule has 0 radical (unpaired) electrons. The van der Waals surface area contributed by atoms with Crippen LogP contribution in [-0.4, -0.2) is 55.5 Å². The van der Waals surface area contributed by atoms with Gasteiger partial charge in [-0.25, -0.2) is 0 Å². The minimum absolute atomic E-state index is 0. The van der Waals surface area contributed by atoms with E-state index in [0.29, 0.717) is 13.1 Å². The van der Waals surface area contributed by atoms with Gasteiger partial charge in [0.05, 0.1) is 6.54 Å². The van der Waals surface area contributed by atoms with E-state index in [1.807, 2.05) is 18.2 Å². The van der Waals surface area contributed by atoms with Gasteiger partial charge in [-0.2, -0.15) is 0 Å². The van der Waals surface area contributed by atoms with Crippen LogP contribution in [0.4, 0.5) is 5.69 Å². The molecule has 142 valence electrons. The average molecular weight is 391 g/mol. The minimum Gasteiger partial charge on any atom is -0.368 e. The number of nitrogens with one attached hydrogen (secondary N) is 1. The predicted molar refractivity (Wildman–Crippen MR) is 106 cm³/mol. The maximum atomic E-state index is 12.2. The maximum absolute atomic E-state index is 12.2. The standard InChI is InChI=1S/C17H26N4O2.2ClH/c1-13(14(2)18)17(23)19-12-16(22)21-10-8-20(9-11-21)15-6-4-3-5-7-15;;/h3-7,13-14H,8-12,18H2,1-2H3,(H,19,23);2*1H. The highest BCUT2D eigenvalue weighted by Gasteiger charge is 2.23. The van der Waals surface area contributed by atoms with E-state index in [1.54, 1.807) is 18.7 Å².